The number of rotatable bonds is 10. The molecule has 1 aliphatic heterocycles. The summed E-state index contributed by atoms with van der Waals surface area (Å²) >= 11 is 12.2. The van der Waals surface area contributed by atoms with E-state index in [0.29, 0.717) is 45.8 Å². The van der Waals surface area contributed by atoms with Gasteiger partial charge in [-0.2, -0.15) is 0 Å². The van der Waals surface area contributed by atoms with Gasteiger partial charge in [-0.15, -0.1) is 0 Å². The van der Waals surface area contributed by atoms with E-state index in [4.69, 9.17) is 32.7 Å². The average molecular weight is 581 g/mol. The Labute approximate surface area is 243 Å². The molecule has 1 atom stereocenters. The topological polar surface area (TPSA) is 84.9 Å². The van der Waals surface area contributed by atoms with E-state index in [0.717, 1.165) is 11.1 Å². The number of nitrogens with one attached hydrogen (secondary N) is 1. The summed E-state index contributed by atoms with van der Waals surface area (Å²) in [7, 11) is 0. The maximum atomic E-state index is 13.3. The van der Waals surface area contributed by atoms with E-state index >= 15 is 0 Å². The molecule has 0 bridgehead atoms. The third kappa shape index (κ3) is 7.23. The van der Waals surface area contributed by atoms with Gasteiger partial charge in [-0.1, -0.05) is 59.6 Å². The largest absolute Gasteiger partial charge is 0.463 e. The van der Waals surface area contributed by atoms with E-state index in [1.54, 1.807) is 26.0 Å². The Kier molecular flexibility index (Phi) is 9.85. The lowest BCUT2D eigenvalue weighted by Gasteiger charge is -2.34. The van der Waals surface area contributed by atoms with Gasteiger partial charge in [0, 0.05) is 34.6 Å². The van der Waals surface area contributed by atoms with Gasteiger partial charge in [0.15, 0.2) is 0 Å². The standard InChI is InChI=1S/C31H30Cl2N2O5/c1-3-39-31(38)30-20(2)35(19-28(36)34-15-14-21-12-13-23(32)17-27(21)33)29(37)18-26(30)22-8-7-11-25(16-22)40-24-9-5-4-6-10-24/h4-13,16-17,26H,3,14-15,18-19H2,1-2H3,(H,34,36). The second kappa shape index (κ2) is 13.5. The first kappa shape index (κ1) is 29.2. The van der Waals surface area contributed by atoms with Crippen molar-refractivity contribution in [2.45, 2.75) is 32.6 Å². The fourth-order valence-electron chi connectivity index (χ4n) is 4.64. The number of para-hydroxylation sites is 1. The van der Waals surface area contributed by atoms with Crippen LogP contribution in [0.4, 0.5) is 0 Å². The summed E-state index contributed by atoms with van der Waals surface area (Å²) in [5.41, 5.74) is 2.33. The molecule has 0 radical (unpaired) electrons. The monoisotopic (exact) mass is 580 g/mol. The summed E-state index contributed by atoms with van der Waals surface area (Å²) in [5, 5.41) is 3.88. The molecular weight excluding hydrogens is 551 g/mol. The highest BCUT2D eigenvalue weighted by Crippen LogP contribution is 2.38. The van der Waals surface area contributed by atoms with Crippen LogP contribution in [0.2, 0.25) is 10.0 Å². The zero-order valence-electron chi connectivity index (χ0n) is 22.3. The third-order valence-electron chi connectivity index (χ3n) is 6.59. The van der Waals surface area contributed by atoms with Gasteiger partial charge in [-0.05, 0) is 67.8 Å². The van der Waals surface area contributed by atoms with Crippen molar-refractivity contribution in [2.75, 3.05) is 19.7 Å². The highest BCUT2D eigenvalue weighted by atomic mass is 35.5. The lowest BCUT2D eigenvalue weighted by Crippen LogP contribution is -2.44. The first-order valence-corrected chi connectivity index (χ1v) is 13.7. The van der Waals surface area contributed by atoms with Crippen molar-refractivity contribution in [1.82, 2.24) is 10.2 Å². The smallest absolute Gasteiger partial charge is 0.336 e. The normalized spacial score (nSPS) is 15.2. The molecule has 0 saturated heterocycles. The van der Waals surface area contributed by atoms with Gasteiger partial charge >= 0.3 is 5.97 Å². The molecule has 1 aliphatic rings. The minimum absolute atomic E-state index is 0.00788. The number of esters is 1. The highest BCUT2D eigenvalue weighted by molar-refractivity contribution is 6.35. The lowest BCUT2D eigenvalue weighted by molar-refractivity contribution is -0.141. The molecule has 0 saturated carbocycles. The van der Waals surface area contributed by atoms with Crippen LogP contribution < -0.4 is 10.1 Å². The van der Waals surface area contributed by atoms with Crippen molar-refractivity contribution in [3.63, 3.8) is 0 Å². The van der Waals surface area contributed by atoms with Crippen molar-refractivity contribution in [1.29, 1.82) is 0 Å². The highest BCUT2D eigenvalue weighted by Gasteiger charge is 2.37. The molecule has 3 aromatic rings. The molecule has 3 aromatic carbocycles. The lowest BCUT2D eigenvalue weighted by atomic mass is 9.83. The molecule has 1 heterocycles. The molecular formula is C31H30Cl2N2O5. The quantitative estimate of drug-likeness (QED) is 0.284. The van der Waals surface area contributed by atoms with Crippen LogP contribution in [0, 0.1) is 0 Å². The van der Waals surface area contributed by atoms with Crippen molar-refractivity contribution in [3.8, 4) is 11.5 Å². The van der Waals surface area contributed by atoms with Crippen LogP contribution in [0.1, 0.15) is 37.3 Å². The Morgan fingerprint density at radius 2 is 1.75 bits per heavy atom. The van der Waals surface area contributed by atoms with Crippen LogP contribution in [0.15, 0.2) is 84.1 Å². The first-order chi connectivity index (χ1) is 19.3. The van der Waals surface area contributed by atoms with E-state index in [-0.39, 0.29) is 31.4 Å². The zero-order chi connectivity index (χ0) is 28.6. The zero-order valence-corrected chi connectivity index (χ0v) is 23.8. The molecule has 7 nitrogen and oxygen atoms in total. The van der Waals surface area contributed by atoms with Gasteiger partial charge in [0.25, 0.3) is 0 Å². The van der Waals surface area contributed by atoms with E-state index in [1.807, 2.05) is 60.7 Å². The first-order valence-electron chi connectivity index (χ1n) is 13.0. The number of amides is 2. The molecule has 0 spiro atoms. The van der Waals surface area contributed by atoms with Gasteiger partial charge in [-0.3, -0.25) is 9.59 Å². The Hall–Kier alpha value is -3.81. The van der Waals surface area contributed by atoms with Gasteiger partial charge in [0.2, 0.25) is 11.8 Å². The van der Waals surface area contributed by atoms with Crippen LogP contribution in [0.25, 0.3) is 0 Å². The Morgan fingerprint density at radius 3 is 2.48 bits per heavy atom. The number of ether oxygens (including phenoxy) is 2. The maximum absolute atomic E-state index is 13.3. The number of carbonyl (C=O) groups excluding carboxylic acids is 3. The Balaban J connectivity index is 1.51. The fourth-order valence-corrected chi connectivity index (χ4v) is 5.14. The van der Waals surface area contributed by atoms with E-state index < -0.39 is 11.9 Å². The van der Waals surface area contributed by atoms with Crippen molar-refractivity contribution in [3.05, 3.63) is 105 Å². The third-order valence-corrected chi connectivity index (χ3v) is 7.18. The SMILES string of the molecule is CCOC(=O)C1=C(C)N(CC(=O)NCCc2ccc(Cl)cc2Cl)C(=O)CC1c1cccc(Oc2ccccc2)c1. The number of benzene rings is 3. The number of halogens is 2. The number of nitrogens with zero attached hydrogens (tertiary/aromatic N) is 1. The summed E-state index contributed by atoms with van der Waals surface area (Å²) in [6.45, 7) is 3.68. The van der Waals surface area contributed by atoms with Crippen LogP contribution >= 0.6 is 23.2 Å². The van der Waals surface area contributed by atoms with Gasteiger partial charge in [0.05, 0.1) is 12.2 Å². The van der Waals surface area contributed by atoms with E-state index in [9.17, 15) is 14.4 Å². The van der Waals surface area contributed by atoms with Crippen molar-refractivity contribution < 1.29 is 23.9 Å². The van der Waals surface area contributed by atoms with E-state index in [1.165, 1.54) is 4.90 Å². The van der Waals surface area contributed by atoms with Crippen molar-refractivity contribution in [2.24, 2.45) is 0 Å². The molecule has 1 unspecified atom stereocenters. The maximum Gasteiger partial charge on any atom is 0.336 e. The summed E-state index contributed by atoms with van der Waals surface area (Å²) in [4.78, 5) is 40.5. The molecule has 208 valence electrons. The minimum Gasteiger partial charge on any atom is -0.463 e. The second-order valence-electron chi connectivity index (χ2n) is 9.28. The molecule has 0 aromatic heterocycles. The summed E-state index contributed by atoms with van der Waals surface area (Å²) in [6.07, 6.45) is 0.510. The van der Waals surface area contributed by atoms with E-state index in [2.05, 4.69) is 5.32 Å². The van der Waals surface area contributed by atoms with Crippen LogP contribution in [0.3, 0.4) is 0 Å². The molecule has 1 N–H and O–H groups in total. The molecule has 2 amide bonds. The van der Waals surface area contributed by atoms with Crippen molar-refractivity contribution >= 4 is 41.0 Å². The Bertz CT molecular complexity index is 1420. The van der Waals surface area contributed by atoms with Gasteiger partial charge < -0.3 is 19.7 Å². The molecule has 0 aliphatic carbocycles. The second-order valence-corrected chi connectivity index (χ2v) is 10.1. The predicted molar refractivity (Wildman–Crippen MR) is 155 cm³/mol. The van der Waals surface area contributed by atoms with Crippen LogP contribution in [-0.2, 0) is 25.5 Å². The average Bonchev–Trinajstić information content (AvgIpc) is 2.93. The summed E-state index contributed by atoms with van der Waals surface area (Å²) in [5.74, 6) is -0.419. The number of carbonyl (C=O) groups is 3. The molecule has 9 heteroatoms. The fraction of sp³-hybridized carbons (Fsp3) is 0.258. The molecule has 40 heavy (non-hydrogen) atoms. The Morgan fingerprint density at radius 1 is 1.00 bits per heavy atom. The minimum atomic E-state index is -0.544. The van der Waals surface area contributed by atoms with Gasteiger partial charge in [0.1, 0.15) is 18.0 Å². The summed E-state index contributed by atoms with van der Waals surface area (Å²) < 4.78 is 11.3. The van der Waals surface area contributed by atoms with Crippen LogP contribution in [0.5, 0.6) is 11.5 Å². The number of hydrogen-bond acceptors (Lipinski definition) is 5. The number of hydrogen-bond donors (Lipinski definition) is 1. The predicted octanol–water partition coefficient (Wildman–Crippen LogP) is 6.30. The molecule has 4 rings (SSSR count). The summed E-state index contributed by atoms with van der Waals surface area (Å²) in [6, 6.07) is 21.9. The van der Waals surface area contributed by atoms with Crippen LogP contribution in [-0.4, -0.2) is 42.4 Å². The molecule has 0 fully saturated rings. The van der Waals surface area contributed by atoms with Gasteiger partial charge in [-0.25, -0.2) is 4.79 Å². The number of allylic oxidation sites excluding steroid dienone is 1.